The molecule has 0 spiro atoms. The number of hydrogen-bond donors (Lipinski definition) is 2. The number of anilines is 1. The SMILES string of the molecule is CC1(C)OCC(c2ccc(NC(=O)O)cn2)O1. The zero-order chi connectivity index (χ0) is 12.5. The second-order valence-electron chi connectivity index (χ2n) is 4.22. The highest BCUT2D eigenvalue weighted by molar-refractivity contribution is 5.82. The summed E-state index contributed by atoms with van der Waals surface area (Å²) in [6.45, 7) is 4.13. The quantitative estimate of drug-likeness (QED) is 0.823. The number of ether oxygens (including phenoxy) is 2. The van der Waals surface area contributed by atoms with Gasteiger partial charge in [0.1, 0.15) is 6.10 Å². The molecule has 6 nitrogen and oxygen atoms in total. The fourth-order valence-electron chi connectivity index (χ4n) is 1.63. The maximum absolute atomic E-state index is 10.4. The minimum absolute atomic E-state index is 0.205. The van der Waals surface area contributed by atoms with Gasteiger partial charge in [-0.3, -0.25) is 10.3 Å². The molecule has 1 fully saturated rings. The molecule has 1 unspecified atom stereocenters. The van der Waals surface area contributed by atoms with E-state index < -0.39 is 11.9 Å². The van der Waals surface area contributed by atoms with Crippen molar-refractivity contribution in [2.45, 2.75) is 25.7 Å². The van der Waals surface area contributed by atoms with E-state index in [0.29, 0.717) is 12.3 Å². The van der Waals surface area contributed by atoms with Crippen molar-refractivity contribution in [2.24, 2.45) is 0 Å². The van der Waals surface area contributed by atoms with Crippen molar-refractivity contribution in [3.8, 4) is 0 Å². The summed E-state index contributed by atoms with van der Waals surface area (Å²) >= 11 is 0. The smallest absolute Gasteiger partial charge is 0.409 e. The maximum atomic E-state index is 10.4. The van der Waals surface area contributed by atoms with Gasteiger partial charge in [-0.2, -0.15) is 0 Å². The van der Waals surface area contributed by atoms with Crippen molar-refractivity contribution >= 4 is 11.8 Å². The lowest BCUT2D eigenvalue weighted by Crippen LogP contribution is -2.19. The largest absolute Gasteiger partial charge is 0.465 e. The van der Waals surface area contributed by atoms with Crippen molar-refractivity contribution < 1.29 is 19.4 Å². The fourth-order valence-corrected chi connectivity index (χ4v) is 1.63. The lowest BCUT2D eigenvalue weighted by Gasteiger charge is -2.16. The third kappa shape index (κ3) is 2.92. The molecule has 6 heteroatoms. The predicted octanol–water partition coefficient (Wildman–Crippen LogP) is 2.00. The van der Waals surface area contributed by atoms with Crippen molar-refractivity contribution in [1.82, 2.24) is 4.98 Å². The van der Waals surface area contributed by atoms with Gasteiger partial charge in [0.25, 0.3) is 0 Å². The van der Waals surface area contributed by atoms with Crippen LogP contribution in [-0.4, -0.2) is 28.6 Å². The molecule has 1 saturated heterocycles. The third-order valence-electron chi connectivity index (χ3n) is 2.38. The molecule has 1 aromatic rings. The van der Waals surface area contributed by atoms with Gasteiger partial charge < -0.3 is 14.6 Å². The molecular weight excluding hydrogens is 224 g/mol. The first kappa shape index (κ1) is 11.8. The summed E-state index contributed by atoms with van der Waals surface area (Å²) in [6.07, 6.45) is 0.142. The van der Waals surface area contributed by atoms with Crippen LogP contribution in [-0.2, 0) is 9.47 Å². The first-order valence-corrected chi connectivity index (χ1v) is 5.24. The van der Waals surface area contributed by atoms with Crippen LogP contribution in [0.5, 0.6) is 0 Å². The van der Waals surface area contributed by atoms with E-state index in [1.165, 1.54) is 6.20 Å². The van der Waals surface area contributed by atoms with Crippen LogP contribution in [0.25, 0.3) is 0 Å². The van der Waals surface area contributed by atoms with Crippen LogP contribution >= 0.6 is 0 Å². The molecule has 0 saturated carbocycles. The highest BCUT2D eigenvalue weighted by Crippen LogP contribution is 2.31. The minimum Gasteiger partial charge on any atom is -0.465 e. The summed E-state index contributed by atoms with van der Waals surface area (Å²) < 4.78 is 11.1. The van der Waals surface area contributed by atoms with Crippen LogP contribution in [0.1, 0.15) is 25.6 Å². The molecule has 0 radical (unpaired) electrons. The number of hydrogen-bond acceptors (Lipinski definition) is 4. The van der Waals surface area contributed by atoms with E-state index in [0.717, 1.165) is 5.69 Å². The predicted molar refractivity (Wildman–Crippen MR) is 59.7 cm³/mol. The molecule has 17 heavy (non-hydrogen) atoms. The van der Waals surface area contributed by atoms with Gasteiger partial charge in [-0.05, 0) is 26.0 Å². The van der Waals surface area contributed by atoms with E-state index in [2.05, 4.69) is 10.3 Å². The van der Waals surface area contributed by atoms with Gasteiger partial charge in [0.05, 0.1) is 24.2 Å². The van der Waals surface area contributed by atoms with Crippen LogP contribution < -0.4 is 5.32 Å². The number of carbonyl (C=O) groups is 1. The van der Waals surface area contributed by atoms with Gasteiger partial charge in [0.15, 0.2) is 5.79 Å². The summed E-state index contributed by atoms with van der Waals surface area (Å²) in [6, 6.07) is 3.37. The van der Waals surface area contributed by atoms with Crippen molar-refractivity contribution in [3.05, 3.63) is 24.0 Å². The van der Waals surface area contributed by atoms with Gasteiger partial charge in [0.2, 0.25) is 0 Å². The van der Waals surface area contributed by atoms with Gasteiger partial charge in [-0.1, -0.05) is 0 Å². The van der Waals surface area contributed by atoms with Gasteiger partial charge in [-0.15, -0.1) is 0 Å². The Hall–Kier alpha value is -1.66. The summed E-state index contributed by atoms with van der Waals surface area (Å²) in [7, 11) is 0. The van der Waals surface area contributed by atoms with E-state index >= 15 is 0 Å². The number of pyridine rings is 1. The monoisotopic (exact) mass is 238 g/mol. The number of nitrogens with zero attached hydrogens (tertiary/aromatic N) is 1. The maximum Gasteiger partial charge on any atom is 0.409 e. The van der Waals surface area contributed by atoms with Gasteiger partial charge in [0, 0.05) is 0 Å². The Morgan fingerprint density at radius 1 is 1.59 bits per heavy atom. The van der Waals surface area contributed by atoms with Crippen LogP contribution in [0.4, 0.5) is 10.5 Å². The minimum atomic E-state index is -1.11. The number of amides is 1. The standard InChI is InChI=1S/C11H14N2O4/c1-11(2)16-6-9(17-11)8-4-3-7(5-12-8)13-10(14)15/h3-5,9,13H,6H2,1-2H3,(H,14,15). The van der Waals surface area contributed by atoms with Crippen molar-refractivity contribution in [1.29, 1.82) is 0 Å². The van der Waals surface area contributed by atoms with E-state index in [1.807, 2.05) is 13.8 Å². The van der Waals surface area contributed by atoms with E-state index in [4.69, 9.17) is 14.6 Å². The summed E-state index contributed by atoms with van der Waals surface area (Å²) in [4.78, 5) is 14.6. The van der Waals surface area contributed by atoms with Crippen LogP contribution in [0.15, 0.2) is 18.3 Å². The first-order valence-electron chi connectivity index (χ1n) is 5.24. The van der Waals surface area contributed by atoms with E-state index in [9.17, 15) is 4.79 Å². The zero-order valence-electron chi connectivity index (χ0n) is 9.64. The second kappa shape index (κ2) is 4.31. The molecular formula is C11H14N2O4. The molecule has 0 bridgehead atoms. The van der Waals surface area contributed by atoms with Gasteiger partial charge in [-0.25, -0.2) is 4.79 Å². The molecule has 2 rings (SSSR count). The number of nitrogens with one attached hydrogen (secondary N) is 1. The van der Waals surface area contributed by atoms with Crippen LogP contribution in [0, 0.1) is 0 Å². The molecule has 2 N–H and O–H groups in total. The van der Waals surface area contributed by atoms with Crippen molar-refractivity contribution in [3.63, 3.8) is 0 Å². The normalized spacial score (nSPS) is 22.4. The molecule has 0 aliphatic carbocycles. The van der Waals surface area contributed by atoms with Crippen molar-refractivity contribution in [2.75, 3.05) is 11.9 Å². The molecule has 0 aromatic carbocycles. The average Bonchev–Trinajstić information content (AvgIpc) is 2.59. The van der Waals surface area contributed by atoms with Gasteiger partial charge >= 0.3 is 6.09 Å². The lowest BCUT2D eigenvalue weighted by atomic mass is 10.2. The Labute approximate surface area is 98.6 Å². The summed E-state index contributed by atoms with van der Waals surface area (Å²) in [5.41, 5.74) is 1.16. The Bertz CT molecular complexity index is 416. The molecule has 1 amide bonds. The van der Waals surface area contributed by atoms with E-state index in [-0.39, 0.29) is 6.10 Å². The number of rotatable bonds is 2. The molecule has 1 atom stereocenters. The van der Waals surface area contributed by atoms with Crippen LogP contribution in [0.3, 0.4) is 0 Å². The highest BCUT2D eigenvalue weighted by atomic mass is 16.7. The molecule has 1 aliphatic heterocycles. The third-order valence-corrected chi connectivity index (χ3v) is 2.38. The Morgan fingerprint density at radius 2 is 2.35 bits per heavy atom. The average molecular weight is 238 g/mol. The topological polar surface area (TPSA) is 80.7 Å². The second-order valence-corrected chi connectivity index (χ2v) is 4.22. The molecule has 1 aliphatic rings. The number of aromatic nitrogens is 1. The Morgan fingerprint density at radius 3 is 2.82 bits per heavy atom. The molecule has 1 aromatic heterocycles. The zero-order valence-corrected chi connectivity index (χ0v) is 9.64. The number of carboxylic acid groups (broad SMARTS) is 1. The molecule has 92 valence electrons. The van der Waals surface area contributed by atoms with Crippen LogP contribution in [0.2, 0.25) is 0 Å². The van der Waals surface area contributed by atoms with E-state index in [1.54, 1.807) is 12.1 Å². The Kier molecular flexibility index (Phi) is 2.99. The summed E-state index contributed by atoms with van der Waals surface area (Å²) in [5, 5.41) is 10.8. The molecule has 2 heterocycles. The lowest BCUT2D eigenvalue weighted by molar-refractivity contribution is -0.139. The first-order chi connectivity index (χ1) is 7.96. The summed E-state index contributed by atoms with van der Waals surface area (Å²) in [5.74, 6) is -0.593. The fraction of sp³-hybridized carbons (Fsp3) is 0.455. The Balaban J connectivity index is 2.06. The highest BCUT2D eigenvalue weighted by Gasteiger charge is 2.34.